The van der Waals surface area contributed by atoms with Crippen molar-refractivity contribution in [2.24, 2.45) is 0 Å². The highest BCUT2D eigenvalue weighted by atomic mass is 16.5. The fourth-order valence-electron chi connectivity index (χ4n) is 0.835. The summed E-state index contributed by atoms with van der Waals surface area (Å²) < 4.78 is 4.95. The van der Waals surface area contributed by atoms with E-state index in [0.717, 1.165) is 0 Å². The first-order valence-corrected chi connectivity index (χ1v) is 6.19. The van der Waals surface area contributed by atoms with Crippen LogP contribution in [-0.2, 0) is 4.74 Å². The van der Waals surface area contributed by atoms with Gasteiger partial charge in [0.05, 0.1) is 25.4 Å². The van der Waals surface area contributed by atoms with Gasteiger partial charge < -0.3 is 20.3 Å². The molecule has 100 valence electrons. The van der Waals surface area contributed by atoms with Gasteiger partial charge in [0.25, 0.3) is 0 Å². The molecule has 16 heavy (non-hydrogen) atoms. The van der Waals surface area contributed by atoms with E-state index in [1.807, 2.05) is 0 Å². The molecule has 2 atom stereocenters. The molecule has 0 saturated carbocycles. The Morgan fingerprint density at radius 3 is 1.94 bits per heavy atom. The van der Waals surface area contributed by atoms with Crippen LogP contribution in [0.3, 0.4) is 0 Å². The lowest BCUT2D eigenvalue weighted by Gasteiger charge is -2.10. The highest BCUT2D eigenvalue weighted by Gasteiger charge is 2.00. The average Bonchev–Trinajstić information content (AvgIpc) is 2.27. The number of aliphatic hydroxyl groups excluding tert-OH is 2. The van der Waals surface area contributed by atoms with Gasteiger partial charge in [-0.15, -0.1) is 0 Å². The van der Waals surface area contributed by atoms with E-state index >= 15 is 0 Å². The van der Waals surface area contributed by atoms with Crippen LogP contribution >= 0.6 is 0 Å². The van der Waals surface area contributed by atoms with E-state index in [-0.39, 0.29) is 12.7 Å². The van der Waals surface area contributed by atoms with Gasteiger partial charge in [0.1, 0.15) is 0 Å². The molecule has 0 fully saturated rings. The summed E-state index contributed by atoms with van der Waals surface area (Å²) in [7, 11) is 0. The van der Waals surface area contributed by atoms with E-state index in [4.69, 9.17) is 14.9 Å². The summed E-state index contributed by atoms with van der Waals surface area (Å²) in [6, 6.07) is 0. The molecule has 0 bridgehead atoms. The number of aliphatic hydroxyl groups is 2. The zero-order chi connectivity index (χ0) is 12.8. The predicted molar refractivity (Wildman–Crippen MR) is 67.6 cm³/mol. The largest absolute Gasteiger partial charge is 0.394 e. The van der Waals surface area contributed by atoms with Crippen molar-refractivity contribution in [1.82, 2.24) is 5.32 Å². The van der Waals surface area contributed by atoms with Crippen LogP contribution in [0.1, 0.15) is 40.5 Å². The standard InChI is InChI=1S/C6H15N.C6H14O3/c1-3-5-7-6-4-2;1-5(8)4-9-6(2)3-7/h7H,3-6H2,1-2H3;5-8H,3-4H2,1-2H3. The van der Waals surface area contributed by atoms with Gasteiger partial charge in [0.15, 0.2) is 0 Å². The fraction of sp³-hybridized carbons (Fsp3) is 1.00. The van der Waals surface area contributed by atoms with Gasteiger partial charge in [0, 0.05) is 0 Å². The number of ether oxygens (including phenoxy) is 1. The van der Waals surface area contributed by atoms with Crippen molar-refractivity contribution in [2.45, 2.75) is 52.7 Å². The molecule has 0 rings (SSSR count). The Labute approximate surface area is 100 Å². The summed E-state index contributed by atoms with van der Waals surface area (Å²) in [4.78, 5) is 0. The smallest absolute Gasteiger partial charge is 0.0779 e. The number of hydrogen-bond acceptors (Lipinski definition) is 4. The molecule has 0 radical (unpaired) electrons. The van der Waals surface area contributed by atoms with Gasteiger partial charge in [-0.3, -0.25) is 0 Å². The molecule has 2 unspecified atom stereocenters. The Hall–Kier alpha value is -0.160. The van der Waals surface area contributed by atoms with Gasteiger partial charge in [-0.1, -0.05) is 13.8 Å². The topological polar surface area (TPSA) is 61.7 Å². The highest BCUT2D eigenvalue weighted by molar-refractivity contribution is 4.47. The minimum atomic E-state index is -0.445. The molecule has 0 heterocycles. The lowest BCUT2D eigenvalue weighted by atomic mass is 10.4. The summed E-state index contributed by atoms with van der Waals surface area (Å²) in [5.74, 6) is 0. The highest BCUT2D eigenvalue weighted by Crippen LogP contribution is 1.90. The minimum Gasteiger partial charge on any atom is -0.394 e. The number of hydrogen-bond donors (Lipinski definition) is 3. The molecule has 0 aliphatic carbocycles. The molecular weight excluding hydrogens is 206 g/mol. The third kappa shape index (κ3) is 19.4. The van der Waals surface area contributed by atoms with Crippen molar-refractivity contribution >= 4 is 0 Å². The number of rotatable bonds is 8. The molecule has 4 nitrogen and oxygen atoms in total. The van der Waals surface area contributed by atoms with Gasteiger partial charge >= 0.3 is 0 Å². The maximum atomic E-state index is 8.69. The Bertz CT molecular complexity index is 117. The average molecular weight is 235 g/mol. The summed E-state index contributed by atoms with van der Waals surface area (Å²) in [5.41, 5.74) is 0. The van der Waals surface area contributed by atoms with Crippen molar-refractivity contribution in [3.05, 3.63) is 0 Å². The van der Waals surface area contributed by atoms with Crippen molar-refractivity contribution in [3.63, 3.8) is 0 Å². The van der Waals surface area contributed by atoms with Crippen LogP contribution in [0.25, 0.3) is 0 Å². The summed E-state index contributed by atoms with van der Waals surface area (Å²) in [6.45, 7) is 10.4. The van der Waals surface area contributed by atoms with E-state index in [1.165, 1.54) is 25.9 Å². The van der Waals surface area contributed by atoms with Crippen molar-refractivity contribution < 1.29 is 14.9 Å². The third-order valence-electron chi connectivity index (χ3n) is 1.73. The van der Waals surface area contributed by atoms with Crippen LogP contribution in [0.5, 0.6) is 0 Å². The molecule has 0 aliphatic heterocycles. The zero-order valence-corrected chi connectivity index (χ0v) is 11.2. The lowest BCUT2D eigenvalue weighted by Crippen LogP contribution is -2.19. The van der Waals surface area contributed by atoms with Crippen molar-refractivity contribution in [3.8, 4) is 0 Å². The van der Waals surface area contributed by atoms with Gasteiger partial charge in [-0.05, 0) is 39.8 Å². The first-order valence-electron chi connectivity index (χ1n) is 6.19. The Morgan fingerprint density at radius 1 is 1.12 bits per heavy atom. The molecule has 0 aromatic heterocycles. The third-order valence-corrected chi connectivity index (χ3v) is 1.73. The first kappa shape index (κ1) is 18.2. The molecule has 4 heteroatoms. The van der Waals surface area contributed by atoms with E-state index < -0.39 is 6.10 Å². The monoisotopic (exact) mass is 235 g/mol. The maximum absolute atomic E-state index is 8.69. The molecule has 0 aromatic carbocycles. The Balaban J connectivity index is 0. The van der Waals surface area contributed by atoms with Crippen LogP contribution in [0.4, 0.5) is 0 Å². The second kappa shape index (κ2) is 14.8. The quantitative estimate of drug-likeness (QED) is 0.553. The molecule has 0 amide bonds. The molecule has 0 aromatic rings. The second-order valence-corrected chi connectivity index (χ2v) is 3.93. The zero-order valence-electron chi connectivity index (χ0n) is 11.2. The SMILES string of the molecule is CC(O)COC(C)CO.CCCNCCC. The van der Waals surface area contributed by atoms with Gasteiger partial charge in [-0.25, -0.2) is 0 Å². The predicted octanol–water partition coefficient (Wildman–Crippen LogP) is 1.16. The molecule has 0 saturated heterocycles. The van der Waals surface area contributed by atoms with E-state index in [1.54, 1.807) is 13.8 Å². The van der Waals surface area contributed by atoms with E-state index in [2.05, 4.69) is 19.2 Å². The van der Waals surface area contributed by atoms with Crippen molar-refractivity contribution in [2.75, 3.05) is 26.3 Å². The molecule has 0 aliphatic rings. The second-order valence-electron chi connectivity index (χ2n) is 3.93. The normalized spacial score (nSPS) is 13.9. The van der Waals surface area contributed by atoms with Gasteiger partial charge in [-0.2, -0.15) is 0 Å². The molecule has 0 spiro atoms. The summed E-state index contributed by atoms with van der Waals surface area (Å²) in [6.07, 6.45) is 1.89. The van der Waals surface area contributed by atoms with Crippen molar-refractivity contribution in [1.29, 1.82) is 0 Å². The van der Waals surface area contributed by atoms with E-state index in [0.29, 0.717) is 6.61 Å². The lowest BCUT2D eigenvalue weighted by molar-refractivity contribution is -0.0177. The summed E-state index contributed by atoms with van der Waals surface area (Å²) in [5, 5.41) is 20.4. The first-order chi connectivity index (χ1) is 7.58. The fourth-order valence-corrected chi connectivity index (χ4v) is 0.835. The molecular formula is C12H29NO3. The van der Waals surface area contributed by atoms with Gasteiger partial charge in [0.2, 0.25) is 0 Å². The Kier molecular flexibility index (Phi) is 16.9. The van der Waals surface area contributed by atoms with Crippen LogP contribution in [0.15, 0.2) is 0 Å². The van der Waals surface area contributed by atoms with Crippen LogP contribution < -0.4 is 5.32 Å². The maximum Gasteiger partial charge on any atom is 0.0779 e. The van der Waals surface area contributed by atoms with E-state index in [9.17, 15) is 0 Å². The van der Waals surface area contributed by atoms with Crippen LogP contribution in [0, 0.1) is 0 Å². The van der Waals surface area contributed by atoms with Crippen LogP contribution in [0.2, 0.25) is 0 Å². The minimum absolute atomic E-state index is 0.00667. The Morgan fingerprint density at radius 2 is 1.62 bits per heavy atom. The summed E-state index contributed by atoms with van der Waals surface area (Å²) >= 11 is 0. The van der Waals surface area contributed by atoms with Crippen LogP contribution in [-0.4, -0.2) is 48.7 Å². The molecule has 3 N–H and O–H groups in total. The number of nitrogens with one attached hydrogen (secondary N) is 1.